The Hall–Kier alpha value is -1.46. The van der Waals surface area contributed by atoms with Crippen LogP contribution in [0.15, 0.2) is 24.4 Å². The number of pyridine rings is 1. The van der Waals surface area contributed by atoms with Crippen molar-refractivity contribution in [1.82, 2.24) is 15.2 Å². The topological polar surface area (TPSA) is 65.5 Å². The van der Waals surface area contributed by atoms with Crippen LogP contribution in [-0.4, -0.2) is 46.6 Å². The fourth-order valence-electron chi connectivity index (χ4n) is 2.24. The molecule has 0 aliphatic carbocycles. The van der Waals surface area contributed by atoms with Gasteiger partial charge in [0.15, 0.2) is 0 Å². The van der Waals surface area contributed by atoms with Gasteiger partial charge in [0.1, 0.15) is 0 Å². The minimum atomic E-state index is -0.0130. The quantitative estimate of drug-likeness (QED) is 0.780. The third-order valence-electron chi connectivity index (χ3n) is 3.25. The second-order valence-electron chi connectivity index (χ2n) is 4.55. The minimum Gasteiger partial charge on any atom is -0.395 e. The molecule has 1 unspecified atom stereocenters. The van der Waals surface area contributed by atoms with Gasteiger partial charge in [-0.2, -0.15) is 0 Å². The van der Waals surface area contributed by atoms with Gasteiger partial charge in [-0.3, -0.25) is 14.7 Å². The second-order valence-corrected chi connectivity index (χ2v) is 4.55. The maximum absolute atomic E-state index is 11.8. The van der Waals surface area contributed by atoms with E-state index in [-0.39, 0.29) is 18.6 Å². The molecule has 18 heavy (non-hydrogen) atoms. The Balaban J connectivity index is 1.75. The Kier molecular flexibility index (Phi) is 4.66. The number of rotatable bonds is 5. The molecule has 0 bridgehead atoms. The van der Waals surface area contributed by atoms with Crippen LogP contribution in [0.2, 0.25) is 0 Å². The summed E-state index contributed by atoms with van der Waals surface area (Å²) in [6.07, 6.45) is 3.74. The number of hydrogen-bond donors (Lipinski definition) is 2. The molecule has 0 spiro atoms. The Morgan fingerprint density at radius 1 is 1.56 bits per heavy atom. The third kappa shape index (κ3) is 3.51. The molecule has 5 nitrogen and oxygen atoms in total. The van der Waals surface area contributed by atoms with Gasteiger partial charge in [0.25, 0.3) is 0 Å². The lowest BCUT2D eigenvalue weighted by Crippen LogP contribution is -2.40. The standard InChI is InChI=1S/C13H19N3O2/c17-10-12-5-3-7-16(12)9-13(18)15-8-11-4-1-2-6-14-11/h1-2,4,6,12,17H,3,5,7-10H2,(H,15,18). The second kappa shape index (κ2) is 6.47. The molecule has 1 aromatic heterocycles. The number of aromatic nitrogens is 1. The summed E-state index contributed by atoms with van der Waals surface area (Å²) in [6, 6.07) is 5.77. The molecule has 0 aromatic carbocycles. The summed E-state index contributed by atoms with van der Waals surface area (Å²) in [5.74, 6) is -0.0130. The molecule has 1 fully saturated rings. The van der Waals surface area contributed by atoms with Crippen molar-refractivity contribution in [1.29, 1.82) is 0 Å². The zero-order valence-corrected chi connectivity index (χ0v) is 10.4. The van der Waals surface area contributed by atoms with Gasteiger partial charge in [-0.15, -0.1) is 0 Å². The zero-order valence-electron chi connectivity index (χ0n) is 10.4. The average Bonchev–Trinajstić information content (AvgIpc) is 2.85. The van der Waals surface area contributed by atoms with E-state index in [0.717, 1.165) is 25.1 Å². The summed E-state index contributed by atoms with van der Waals surface area (Å²) in [5, 5.41) is 12.0. The van der Waals surface area contributed by atoms with Crippen molar-refractivity contribution in [3.63, 3.8) is 0 Å². The van der Waals surface area contributed by atoms with Gasteiger partial charge in [-0.1, -0.05) is 6.07 Å². The van der Waals surface area contributed by atoms with Crippen molar-refractivity contribution < 1.29 is 9.90 Å². The Bertz CT molecular complexity index is 383. The van der Waals surface area contributed by atoms with Crippen LogP contribution >= 0.6 is 0 Å². The normalized spacial score (nSPS) is 19.9. The molecule has 1 aliphatic heterocycles. The number of nitrogens with one attached hydrogen (secondary N) is 1. The van der Waals surface area contributed by atoms with Gasteiger partial charge in [-0.05, 0) is 31.5 Å². The fraction of sp³-hybridized carbons (Fsp3) is 0.538. The van der Waals surface area contributed by atoms with E-state index >= 15 is 0 Å². The summed E-state index contributed by atoms with van der Waals surface area (Å²) in [4.78, 5) is 18.0. The van der Waals surface area contributed by atoms with Crippen LogP contribution in [0.3, 0.4) is 0 Å². The zero-order chi connectivity index (χ0) is 12.8. The number of hydrogen-bond acceptors (Lipinski definition) is 4. The minimum absolute atomic E-state index is 0.0130. The molecular formula is C13H19N3O2. The molecule has 0 radical (unpaired) electrons. The summed E-state index contributed by atoms with van der Waals surface area (Å²) < 4.78 is 0. The van der Waals surface area contributed by atoms with Crippen LogP contribution in [0.1, 0.15) is 18.5 Å². The smallest absolute Gasteiger partial charge is 0.234 e. The van der Waals surface area contributed by atoms with Gasteiger partial charge in [0.2, 0.25) is 5.91 Å². The van der Waals surface area contributed by atoms with Crippen LogP contribution < -0.4 is 5.32 Å². The molecule has 5 heteroatoms. The Morgan fingerprint density at radius 3 is 3.17 bits per heavy atom. The molecule has 1 amide bonds. The van der Waals surface area contributed by atoms with Crippen molar-refractivity contribution in [3.8, 4) is 0 Å². The number of aliphatic hydroxyl groups is 1. The lowest BCUT2D eigenvalue weighted by Gasteiger charge is -2.21. The summed E-state index contributed by atoms with van der Waals surface area (Å²) in [5.41, 5.74) is 0.853. The molecule has 1 saturated heterocycles. The Morgan fingerprint density at radius 2 is 2.44 bits per heavy atom. The monoisotopic (exact) mass is 249 g/mol. The van der Waals surface area contributed by atoms with E-state index in [0.29, 0.717) is 13.1 Å². The van der Waals surface area contributed by atoms with Gasteiger partial charge < -0.3 is 10.4 Å². The lowest BCUT2D eigenvalue weighted by molar-refractivity contribution is -0.122. The van der Waals surface area contributed by atoms with Gasteiger partial charge in [0, 0.05) is 12.2 Å². The molecule has 1 atom stereocenters. The highest BCUT2D eigenvalue weighted by Crippen LogP contribution is 2.15. The first-order valence-electron chi connectivity index (χ1n) is 6.31. The maximum atomic E-state index is 11.8. The number of likely N-dealkylation sites (tertiary alicyclic amines) is 1. The first-order chi connectivity index (χ1) is 8.79. The van der Waals surface area contributed by atoms with Crippen LogP contribution in [-0.2, 0) is 11.3 Å². The third-order valence-corrected chi connectivity index (χ3v) is 3.25. The highest BCUT2D eigenvalue weighted by molar-refractivity contribution is 5.78. The van der Waals surface area contributed by atoms with E-state index < -0.39 is 0 Å². The largest absolute Gasteiger partial charge is 0.395 e. The van der Waals surface area contributed by atoms with Crippen LogP contribution in [0, 0.1) is 0 Å². The van der Waals surface area contributed by atoms with Crippen molar-refractivity contribution in [3.05, 3.63) is 30.1 Å². The number of amides is 1. The van der Waals surface area contributed by atoms with E-state index in [2.05, 4.69) is 10.3 Å². The van der Waals surface area contributed by atoms with Gasteiger partial charge in [0.05, 0.1) is 25.4 Å². The molecule has 2 N–H and O–H groups in total. The molecule has 0 saturated carbocycles. The van der Waals surface area contributed by atoms with E-state index in [1.165, 1.54) is 0 Å². The van der Waals surface area contributed by atoms with Crippen molar-refractivity contribution in [2.75, 3.05) is 19.7 Å². The molecule has 98 valence electrons. The summed E-state index contributed by atoms with van der Waals surface area (Å²) in [6.45, 7) is 1.84. The Labute approximate surface area is 107 Å². The van der Waals surface area contributed by atoms with Crippen molar-refractivity contribution in [2.24, 2.45) is 0 Å². The number of aliphatic hydroxyl groups excluding tert-OH is 1. The van der Waals surface area contributed by atoms with E-state index in [1.807, 2.05) is 23.1 Å². The molecule has 2 heterocycles. The van der Waals surface area contributed by atoms with Gasteiger partial charge >= 0.3 is 0 Å². The van der Waals surface area contributed by atoms with Crippen LogP contribution in [0.5, 0.6) is 0 Å². The van der Waals surface area contributed by atoms with Gasteiger partial charge in [-0.25, -0.2) is 0 Å². The summed E-state index contributed by atoms with van der Waals surface area (Å²) in [7, 11) is 0. The van der Waals surface area contributed by atoms with E-state index in [1.54, 1.807) is 6.20 Å². The number of carbonyl (C=O) groups excluding carboxylic acids is 1. The highest BCUT2D eigenvalue weighted by Gasteiger charge is 2.25. The predicted octanol–water partition coefficient (Wildman–Crippen LogP) is 0.155. The first-order valence-corrected chi connectivity index (χ1v) is 6.31. The highest BCUT2D eigenvalue weighted by atomic mass is 16.3. The fourth-order valence-corrected chi connectivity index (χ4v) is 2.24. The van der Waals surface area contributed by atoms with Crippen molar-refractivity contribution in [2.45, 2.75) is 25.4 Å². The molecule has 1 aromatic rings. The number of nitrogens with zero attached hydrogens (tertiary/aromatic N) is 2. The molecular weight excluding hydrogens is 230 g/mol. The van der Waals surface area contributed by atoms with E-state index in [9.17, 15) is 9.90 Å². The van der Waals surface area contributed by atoms with Crippen molar-refractivity contribution >= 4 is 5.91 Å². The first kappa shape index (κ1) is 13.0. The van der Waals surface area contributed by atoms with Crippen LogP contribution in [0.25, 0.3) is 0 Å². The molecule has 1 aliphatic rings. The average molecular weight is 249 g/mol. The number of carbonyl (C=O) groups is 1. The molecule has 2 rings (SSSR count). The van der Waals surface area contributed by atoms with E-state index in [4.69, 9.17) is 0 Å². The van der Waals surface area contributed by atoms with Crippen LogP contribution in [0.4, 0.5) is 0 Å². The maximum Gasteiger partial charge on any atom is 0.234 e. The lowest BCUT2D eigenvalue weighted by atomic mass is 10.2. The summed E-state index contributed by atoms with van der Waals surface area (Å²) >= 11 is 0. The SMILES string of the molecule is O=C(CN1CCCC1CO)NCc1ccccn1. The predicted molar refractivity (Wildman–Crippen MR) is 67.8 cm³/mol.